The molecule has 0 aromatic heterocycles. The minimum absolute atomic E-state index is 0.0320. The van der Waals surface area contributed by atoms with Gasteiger partial charge in [0.25, 0.3) is 0 Å². The van der Waals surface area contributed by atoms with Gasteiger partial charge >= 0.3 is 0 Å². The zero-order valence-electron chi connectivity index (χ0n) is 10.4. The first kappa shape index (κ1) is 11.6. The third kappa shape index (κ3) is 1.49. The second kappa shape index (κ2) is 3.92. The molecule has 3 aliphatic rings. The van der Waals surface area contributed by atoms with Gasteiger partial charge in [0, 0.05) is 4.47 Å². The number of rotatable bonds is 1. The van der Waals surface area contributed by atoms with Gasteiger partial charge in [-0.15, -0.1) is 0 Å². The number of amides is 2. The molecule has 0 spiro atoms. The highest BCUT2D eigenvalue weighted by atomic mass is 79.9. The summed E-state index contributed by atoms with van der Waals surface area (Å²) in [5, 5.41) is 0. The summed E-state index contributed by atoms with van der Waals surface area (Å²) >= 11 is 3.37. The molecule has 2 amide bonds. The Hall–Kier alpha value is -1.16. The predicted molar refractivity (Wildman–Crippen MR) is 74.4 cm³/mol. The smallest absolute Gasteiger partial charge is 0.237 e. The third-order valence-electron chi connectivity index (χ3n) is 5.01. The number of carbonyl (C=O) groups excluding carboxylic acids is 2. The van der Waals surface area contributed by atoms with Crippen LogP contribution in [0.25, 0.3) is 0 Å². The maximum atomic E-state index is 12.6. The van der Waals surface area contributed by atoms with E-state index in [9.17, 15) is 9.59 Å². The van der Waals surface area contributed by atoms with E-state index in [0.717, 1.165) is 23.7 Å². The van der Waals surface area contributed by atoms with Crippen molar-refractivity contribution in [3.63, 3.8) is 0 Å². The Bertz CT molecular complexity index is 540. The minimum Gasteiger partial charge on any atom is -0.274 e. The highest BCUT2D eigenvalue weighted by Gasteiger charge is 2.61. The molecule has 1 aromatic rings. The number of anilines is 1. The van der Waals surface area contributed by atoms with Crippen LogP contribution in [0.4, 0.5) is 5.69 Å². The molecule has 0 unspecified atom stereocenters. The molecule has 2 saturated carbocycles. The summed E-state index contributed by atoms with van der Waals surface area (Å²) in [4.78, 5) is 26.6. The van der Waals surface area contributed by atoms with Crippen molar-refractivity contribution in [3.05, 3.63) is 28.7 Å². The largest absolute Gasteiger partial charge is 0.274 e. The van der Waals surface area contributed by atoms with Crippen molar-refractivity contribution in [2.75, 3.05) is 4.90 Å². The van der Waals surface area contributed by atoms with E-state index in [2.05, 4.69) is 15.9 Å². The van der Waals surface area contributed by atoms with Gasteiger partial charge in [-0.1, -0.05) is 15.9 Å². The first-order chi connectivity index (χ1) is 9.16. The second-order valence-electron chi connectivity index (χ2n) is 5.87. The van der Waals surface area contributed by atoms with Gasteiger partial charge in [0.2, 0.25) is 11.8 Å². The van der Waals surface area contributed by atoms with Gasteiger partial charge in [-0.05, 0) is 55.4 Å². The summed E-state index contributed by atoms with van der Waals surface area (Å²) in [5.41, 5.74) is 0.715. The van der Waals surface area contributed by atoms with Crippen molar-refractivity contribution >= 4 is 33.4 Å². The van der Waals surface area contributed by atoms with Crippen molar-refractivity contribution in [3.8, 4) is 0 Å². The molecule has 0 radical (unpaired) electrons. The van der Waals surface area contributed by atoms with Crippen molar-refractivity contribution < 1.29 is 9.59 Å². The average molecular weight is 320 g/mol. The van der Waals surface area contributed by atoms with Gasteiger partial charge in [-0.3, -0.25) is 14.5 Å². The van der Waals surface area contributed by atoms with Crippen LogP contribution in [0.3, 0.4) is 0 Å². The molecule has 1 heterocycles. The third-order valence-corrected chi connectivity index (χ3v) is 5.54. The number of hydrogen-bond acceptors (Lipinski definition) is 2. The van der Waals surface area contributed by atoms with Crippen molar-refractivity contribution in [2.24, 2.45) is 23.7 Å². The van der Waals surface area contributed by atoms with Crippen molar-refractivity contribution in [1.29, 1.82) is 0 Å². The van der Waals surface area contributed by atoms with E-state index < -0.39 is 0 Å². The summed E-state index contributed by atoms with van der Waals surface area (Å²) in [5.74, 6) is 0.901. The number of hydrogen-bond donors (Lipinski definition) is 0. The fraction of sp³-hybridized carbons (Fsp3) is 0.467. The number of fused-ring (bicyclic) bond motifs is 5. The lowest BCUT2D eigenvalue weighted by atomic mass is 9.81. The number of imide groups is 1. The molecule has 4 atom stereocenters. The molecule has 1 aliphatic heterocycles. The number of carbonyl (C=O) groups is 2. The first-order valence-electron chi connectivity index (χ1n) is 6.80. The SMILES string of the molecule is O=C1[C@@H]2[C@H]3CC[C@@H](C3)[C@@H]2C(=O)N1c1ccc(Br)cc1. The number of benzene rings is 1. The monoisotopic (exact) mass is 319 g/mol. The van der Waals surface area contributed by atoms with E-state index in [1.165, 1.54) is 4.90 Å². The van der Waals surface area contributed by atoms with Crippen LogP contribution in [-0.2, 0) is 9.59 Å². The Morgan fingerprint density at radius 3 is 2.00 bits per heavy atom. The first-order valence-corrected chi connectivity index (χ1v) is 7.59. The molecule has 0 N–H and O–H groups in total. The summed E-state index contributed by atoms with van der Waals surface area (Å²) < 4.78 is 0.954. The van der Waals surface area contributed by atoms with Gasteiger partial charge < -0.3 is 0 Å². The van der Waals surface area contributed by atoms with Crippen LogP contribution in [-0.4, -0.2) is 11.8 Å². The lowest BCUT2D eigenvalue weighted by Crippen LogP contribution is -2.32. The van der Waals surface area contributed by atoms with E-state index in [4.69, 9.17) is 0 Å². The van der Waals surface area contributed by atoms with Crippen LogP contribution < -0.4 is 4.90 Å². The summed E-state index contributed by atoms with van der Waals surface area (Å²) in [7, 11) is 0. The molecular weight excluding hydrogens is 306 g/mol. The zero-order chi connectivity index (χ0) is 13.1. The Morgan fingerprint density at radius 2 is 1.47 bits per heavy atom. The Kier molecular flexibility index (Phi) is 2.40. The summed E-state index contributed by atoms with van der Waals surface area (Å²) in [6, 6.07) is 7.42. The molecule has 98 valence electrons. The van der Waals surface area contributed by atoms with Crippen LogP contribution in [0.2, 0.25) is 0 Å². The molecular formula is C15H14BrNO2. The topological polar surface area (TPSA) is 37.4 Å². The quantitative estimate of drug-likeness (QED) is 0.746. The lowest BCUT2D eigenvalue weighted by molar-refractivity contribution is -0.123. The van der Waals surface area contributed by atoms with Gasteiger partial charge in [0.05, 0.1) is 17.5 Å². The fourth-order valence-corrected chi connectivity index (χ4v) is 4.52. The van der Waals surface area contributed by atoms with Crippen LogP contribution in [0, 0.1) is 23.7 Å². The molecule has 1 saturated heterocycles. The Labute approximate surface area is 120 Å². The highest BCUT2D eigenvalue weighted by molar-refractivity contribution is 9.10. The molecule has 4 rings (SSSR count). The maximum absolute atomic E-state index is 12.6. The predicted octanol–water partition coefficient (Wildman–Crippen LogP) is 2.98. The van der Waals surface area contributed by atoms with Gasteiger partial charge in [-0.25, -0.2) is 0 Å². The Balaban J connectivity index is 1.73. The van der Waals surface area contributed by atoms with Crippen molar-refractivity contribution in [1.82, 2.24) is 0 Å². The van der Waals surface area contributed by atoms with E-state index in [-0.39, 0.29) is 23.7 Å². The zero-order valence-corrected chi connectivity index (χ0v) is 12.0. The van der Waals surface area contributed by atoms with Gasteiger partial charge in [0.15, 0.2) is 0 Å². The second-order valence-corrected chi connectivity index (χ2v) is 6.79. The average Bonchev–Trinajstić information content (AvgIpc) is 3.06. The van der Waals surface area contributed by atoms with E-state index >= 15 is 0 Å². The minimum atomic E-state index is -0.0325. The van der Waals surface area contributed by atoms with Crippen LogP contribution in [0.15, 0.2) is 28.7 Å². The standard InChI is InChI=1S/C15H14BrNO2/c16-10-3-5-11(6-4-10)17-14(18)12-8-1-2-9(7-8)13(12)15(17)19/h3-6,8-9,12-13H,1-2,7H2/t8-,9-,12-,13+/m0/s1. The fourth-order valence-electron chi connectivity index (χ4n) is 4.25. The van der Waals surface area contributed by atoms with E-state index in [1.54, 1.807) is 0 Å². The summed E-state index contributed by atoms with van der Waals surface area (Å²) in [6.07, 6.45) is 3.33. The highest BCUT2D eigenvalue weighted by Crippen LogP contribution is 2.56. The molecule has 3 nitrogen and oxygen atoms in total. The number of nitrogens with zero attached hydrogens (tertiary/aromatic N) is 1. The lowest BCUT2D eigenvalue weighted by Gasteiger charge is -2.19. The molecule has 4 heteroatoms. The Morgan fingerprint density at radius 1 is 0.947 bits per heavy atom. The van der Waals surface area contributed by atoms with Gasteiger partial charge in [-0.2, -0.15) is 0 Å². The van der Waals surface area contributed by atoms with Crippen LogP contribution in [0.5, 0.6) is 0 Å². The molecule has 19 heavy (non-hydrogen) atoms. The van der Waals surface area contributed by atoms with Gasteiger partial charge in [0.1, 0.15) is 0 Å². The molecule has 3 fully saturated rings. The van der Waals surface area contributed by atoms with Crippen LogP contribution >= 0.6 is 15.9 Å². The molecule has 1 aromatic carbocycles. The van der Waals surface area contributed by atoms with E-state index in [0.29, 0.717) is 17.5 Å². The van der Waals surface area contributed by atoms with E-state index in [1.807, 2.05) is 24.3 Å². The number of halogens is 1. The summed E-state index contributed by atoms with van der Waals surface area (Å²) in [6.45, 7) is 0. The molecule has 2 bridgehead atoms. The van der Waals surface area contributed by atoms with Crippen LogP contribution in [0.1, 0.15) is 19.3 Å². The normalized spacial score (nSPS) is 36.2. The maximum Gasteiger partial charge on any atom is 0.237 e. The molecule has 2 aliphatic carbocycles. The van der Waals surface area contributed by atoms with Crippen molar-refractivity contribution in [2.45, 2.75) is 19.3 Å².